The van der Waals surface area contributed by atoms with E-state index in [1.807, 2.05) is 36.7 Å². The fraction of sp³-hybridized carbons (Fsp3) is 0.167. The molecule has 0 aliphatic rings. The van der Waals surface area contributed by atoms with E-state index in [1.165, 1.54) is 6.07 Å². The summed E-state index contributed by atoms with van der Waals surface area (Å²) in [5, 5.41) is 0. The molecule has 1 atom stereocenters. The van der Waals surface area contributed by atoms with Crippen LogP contribution in [0, 0.1) is 25.5 Å². The van der Waals surface area contributed by atoms with Crippen molar-refractivity contribution < 1.29 is 46.3 Å². The fourth-order valence-electron chi connectivity index (χ4n) is 2.67. The number of carbonyl (C=O) groups excluding carboxylic acids is 1. The van der Waals surface area contributed by atoms with Crippen molar-refractivity contribution in [1.29, 1.82) is 0 Å². The molecule has 0 spiro atoms. The predicted molar refractivity (Wildman–Crippen MR) is 88.1 cm³/mol. The van der Waals surface area contributed by atoms with Gasteiger partial charge in [0.2, 0.25) is 0 Å². The molecule has 1 aromatic heterocycles. The van der Waals surface area contributed by atoms with Crippen LogP contribution in [0.4, 0.5) is 14.5 Å². The minimum atomic E-state index is -1.04. The van der Waals surface area contributed by atoms with E-state index in [4.69, 9.17) is 0 Å². The van der Waals surface area contributed by atoms with Crippen LogP contribution in [0.15, 0.2) is 36.4 Å². The van der Waals surface area contributed by atoms with Crippen molar-refractivity contribution >= 4 is 23.1 Å². The van der Waals surface area contributed by atoms with Crippen LogP contribution < -0.4 is 4.90 Å². The van der Waals surface area contributed by atoms with E-state index in [1.54, 1.807) is 6.41 Å². The summed E-state index contributed by atoms with van der Waals surface area (Å²) in [6.07, 6.45) is 1.72. The van der Waals surface area contributed by atoms with Gasteiger partial charge in [-0.15, -0.1) is 11.8 Å². The summed E-state index contributed by atoms with van der Waals surface area (Å²) in [6, 6.07) is 8.27. The summed E-state index contributed by atoms with van der Waals surface area (Å²) in [7, 11) is 1.81. The van der Waals surface area contributed by atoms with E-state index in [-0.39, 0.29) is 38.4 Å². The Bertz CT molecular complexity index is 926. The second-order valence-electron chi connectivity index (χ2n) is 5.60. The fourth-order valence-corrected chi connectivity index (χ4v) is 2.67. The first-order valence-electron chi connectivity index (χ1n) is 7.30. The van der Waals surface area contributed by atoms with Crippen LogP contribution in [-0.2, 0) is 44.6 Å². The SMILES string of the molecule is [CH2-]C(c1nc2cc(C)ccc2n1C)N([C-]=O)c1ccc(F)c(F)c1.[Y]. The molecule has 0 aliphatic carbocycles. The maximum atomic E-state index is 13.5. The third kappa shape index (κ3) is 3.65. The van der Waals surface area contributed by atoms with E-state index < -0.39 is 17.7 Å². The first-order valence-corrected chi connectivity index (χ1v) is 7.30. The summed E-state index contributed by atoms with van der Waals surface area (Å²) < 4.78 is 28.4. The number of hydrogen-bond acceptors (Lipinski definition) is 2. The third-order valence-corrected chi connectivity index (χ3v) is 3.96. The Balaban J connectivity index is 0.00000225. The Hall–Kier alpha value is -1.66. The average Bonchev–Trinajstić information content (AvgIpc) is 2.87. The molecule has 0 saturated heterocycles. The number of benzene rings is 2. The quantitative estimate of drug-likeness (QED) is 0.482. The van der Waals surface area contributed by atoms with Gasteiger partial charge in [0.05, 0.1) is 23.3 Å². The average molecular weight is 416 g/mol. The molecule has 1 unspecified atom stereocenters. The van der Waals surface area contributed by atoms with Gasteiger partial charge in [-0.05, 0) is 30.7 Å². The number of imidazole rings is 1. The summed E-state index contributed by atoms with van der Waals surface area (Å²) >= 11 is 0. The molecule has 3 aromatic rings. The molecule has 4 nitrogen and oxygen atoms in total. The van der Waals surface area contributed by atoms with Crippen LogP contribution in [0.2, 0.25) is 0 Å². The first kappa shape index (κ1) is 19.7. The van der Waals surface area contributed by atoms with E-state index in [0.717, 1.165) is 33.6 Å². The van der Waals surface area contributed by atoms with Gasteiger partial charge in [-0.2, -0.15) is 0 Å². The minimum Gasteiger partial charge on any atom is -0.493 e. The molecule has 1 radical (unpaired) electrons. The van der Waals surface area contributed by atoms with Crippen molar-refractivity contribution in [3.8, 4) is 0 Å². The zero-order chi connectivity index (χ0) is 17.4. The number of aromatic nitrogens is 2. The molecule has 2 aromatic carbocycles. The molecular formula is C18H15F2N3OY-2. The van der Waals surface area contributed by atoms with Crippen molar-refractivity contribution in [2.45, 2.75) is 13.0 Å². The van der Waals surface area contributed by atoms with Gasteiger partial charge in [-0.3, -0.25) is 0 Å². The Morgan fingerprint density at radius 3 is 2.56 bits per heavy atom. The standard InChI is InChI=1S/C18H15F2N3O.Y/c1-11-4-7-17-16(8-11)21-18(22(17)3)12(2)23(10-24)13-5-6-14(19)15(20)9-13;/h4-9,12H,2H2,1,3H3;/q-2;. The van der Waals surface area contributed by atoms with Crippen LogP contribution in [0.1, 0.15) is 17.4 Å². The Morgan fingerprint density at radius 1 is 1.20 bits per heavy atom. The summed E-state index contributed by atoms with van der Waals surface area (Å²) in [6.45, 7) is 5.91. The maximum Gasteiger partial charge on any atom is 0.155 e. The number of anilines is 1. The van der Waals surface area contributed by atoms with Crippen LogP contribution in [-0.4, -0.2) is 16.0 Å². The second kappa shape index (κ2) is 7.71. The van der Waals surface area contributed by atoms with E-state index in [2.05, 4.69) is 11.9 Å². The van der Waals surface area contributed by atoms with Crippen molar-refractivity contribution in [2.75, 3.05) is 4.90 Å². The zero-order valence-electron chi connectivity index (χ0n) is 13.8. The van der Waals surface area contributed by atoms with Gasteiger partial charge in [0.1, 0.15) is 5.82 Å². The predicted octanol–water partition coefficient (Wildman–Crippen LogP) is 3.61. The van der Waals surface area contributed by atoms with E-state index >= 15 is 0 Å². The van der Waals surface area contributed by atoms with Crippen LogP contribution in [0.25, 0.3) is 11.0 Å². The molecular weight excluding hydrogens is 401 g/mol. The third-order valence-electron chi connectivity index (χ3n) is 3.96. The molecule has 0 saturated carbocycles. The number of rotatable bonds is 4. The molecule has 1 heterocycles. The van der Waals surface area contributed by atoms with Gasteiger partial charge in [-0.25, -0.2) is 13.8 Å². The van der Waals surface area contributed by atoms with Crippen molar-refractivity contribution in [3.63, 3.8) is 0 Å². The Morgan fingerprint density at radius 2 is 1.92 bits per heavy atom. The molecule has 25 heavy (non-hydrogen) atoms. The van der Waals surface area contributed by atoms with Gasteiger partial charge < -0.3 is 21.2 Å². The summed E-state index contributed by atoms with van der Waals surface area (Å²) in [4.78, 5) is 17.0. The van der Waals surface area contributed by atoms with Gasteiger partial charge in [0, 0.05) is 39.8 Å². The van der Waals surface area contributed by atoms with E-state index in [0.29, 0.717) is 5.82 Å². The molecule has 0 N–H and O–H groups in total. The monoisotopic (exact) mass is 416 g/mol. The minimum absolute atomic E-state index is 0. The topological polar surface area (TPSA) is 38.1 Å². The summed E-state index contributed by atoms with van der Waals surface area (Å²) in [5.74, 6) is -1.51. The van der Waals surface area contributed by atoms with Gasteiger partial charge >= 0.3 is 0 Å². The number of hydrogen-bond donors (Lipinski definition) is 0. The molecule has 127 valence electrons. The van der Waals surface area contributed by atoms with Crippen molar-refractivity contribution in [2.24, 2.45) is 7.05 Å². The molecule has 0 aliphatic heterocycles. The van der Waals surface area contributed by atoms with Crippen molar-refractivity contribution in [3.05, 3.63) is 66.3 Å². The Labute approximate surface area is 169 Å². The normalized spacial score (nSPS) is 11.9. The number of aryl methyl sites for hydroxylation is 2. The van der Waals surface area contributed by atoms with Gasteiger partial charge in [0.25, 0.3) is 0 Å². The largest absolute Gasteiger partial charge is 0.493 e. The number of nitrogens with zero attached hydrogens (tertiary/aromatic N) is 3. The summed E-state index contributed by atoms with van der Waals surface area (Å²) in [5.41, 5.74) is 2.89. The van der Waals surface area contributed by atoms with E-state index in [9.17, 15) is 13.6 Å². The number of halogens is 2. The van der Waals surface area contributed by atoms with Crippen LogP contribution >= 0.6 is 0 Å². The smallest absolute Gasteiger partial charge is 0.155 e. The molecule has 7 heteroatoms. The number of fused-ring (bicyclic) bond motifs is 1. The number of amides is 1. The van der Waals surface area contributed by atoms with Crippen LogP contribution in [0.3, 0.4) is 0 Å². The van der Waals surface area contributed by atoms with Crippen LogP contribution in [0.5, 0.6) is 0 Å². The molecule has 1 amide bonds. The second-order valence-corrected chi connectivity index (χ2v) is 5.60. The maximum absolute atomic E-state index is 13.5. The molecule has 3 rings (SSSR count). The van der Waals surface area contributed by atoms with Crippen molar-refractivity contribution in [1.82, 2.24) is 9.55 Å². The first-order chi connectivity index (χ1) is 11.4. The molecule has 0 fully saturated rings. The Kier molecular flexibility index (Phi) is 6.06. The van der Waals surface area contributed by atoms with Gasteiger partial charge in [-0.1, -0.05) is 18.2 Å². The zero-order valence-corrected chi connectivity index (χ0v) is 16.7. The van der Waals surface area contributed by atoms with Gasteiger partial charge in [0.15, 0.2) is 5.82 Å². The molecule has 0 bridgehead atoms.